The maximum absolute atomic E-state index is 10.9. The third kappa shape index (κ3) is 2.43. The topological polar surface area (TPSA) is 36.4 Å². The van der Waals surface area contributed by atoms with Gasteiger partial charge in [-0.15, -0.1) is 0 Å². The molecule has 0 saturated carbocycles. The molecule has 0 spiro atoms. The maximum Gasteiger partial charge on any atom is 0.0936 e. The molecular formula is C17H22N2O. The van der Waals surface area contributed by atoms with E-state index in [1.807, 2.05) is 24.4 Å². The quantitative estimate of drug-likeness (QED) is 0.911. The van der Waals surface area contributed by atoms with Crippen LogP contribution in [0.5, 0.6) is 0 Å². The minimum Gasteiger partial charge on any atom is -0.385 e. The lowest BCUT2D eigenvalue weighted by Crippen LogP contribution is -2.45. The molecule has 20 heavy (non-hydrogen) atoms. The van der Waals surface area contributed by atoms with Crippen molar-refractivity contribution in [2.75, 3.05) is 13.1 Å². The predicted molar refractivity (Wildman–Crippen MR) is 81.6 cm³/mol. The zero-order valence-corrected chi connectivity index (χ0v) is 12.2. The highest BCUT2D eigenvalue weighted by atomic mass is 16.3. The average molecular weight is 270 g/mol. The molecule has 0 bridgehead atoms. The SMILES string of the molecule is CC(C)N1CCC(O)(c2cnc3ccccc3c2)CC1. The summed E-state index contributed by atoms with van der Waals surface area (Å²) in [7, 11) is 0. The lowest BCUT2D eigenvalue weighted by molar-refractivity contribution is -0.0325. The molecule has 0 aliphatic carbocycles. The number of fused-ring (bicyclic) bond motifs is 1. The minimum atomic E-state index is -0.720. The van der Waals surface area contributed by atoms with Crippen LogP contribution in [0.15, 0.2) is 36.5 Å². The fraction of sp³-hybridized carbons (Fsp3) is 0.471. The van der Waals surface area contributed by atoms with Crippen LogP contribution in [0.25, 0.3) is 10.9 Å². The van der Waals surface area contributed by atoms with Gasteiger partial charge < -0.3 is 10.0 Å². The largest absolute Gasteiger partial charge is 0.385 e. The van der Waals surface area contributed by atoms with Gasteiger partial charge in [0.05, 0.1) is 11.1 Å². The molecule has 1 aromatic heterocycles. The van der Waals surface area contributed by atoms with Crippen LogP contribution in [0, 0.1) is 0 Å². The van der Waals surface area contributed by atoms with Gasteiger partial charge in [-0.1, -0.05) is 18.2 Å². The van der Waals surface area contributed by atoms with Gasteiger partial charge in [0, 0.05) is 36.3 Å². The van der Waals surface area contributed by atoms with Gasteiger partial charge in [-0.25, -0.2) is 0 Å². The van der Waals surface area contributed by atoms with E-state index in [0.717, 1.165) is 42.4 Å². The van der Waals surface area contributed by atoms with Gasteiger partial charge in [0.15, 0.2) is 0 Å². The van der Waals surface area contributed by atoms with Gasteiger partial charge >= 0.3 is 0 Å². The number of aliphatic hydroxyl groups is 1. The summed E-state index contributed by atoms with van der Waals surface area (Å²) in [5.41, 5.74) is 1.22. The number of likely N-dealkylation sites (tertiary alicyclic amines) is 1. The predicted octanol–water partition coefficient (Wildman–Crippen LogP) is 2.93. The Balaban J connectivity index is 1.87. The van der Waals surface area contributed by atoms with Crippen molar-refractivity contribution in [3.8, 4) is 0 Å². The van der Waals surface area contributed by atoms with Crippen molar-refractivity contribution in [2.45, 2.75) is 38.3 Å². The van der Waals surface area contributed by atoms with Crippen LogP contribution in [-0.2, 0) is 5.60 Å². The van der Waals surface area contributed by atoms with Gasteiger partial charge in [0.1, 0.15) is 0 Å². The van der Waals surface area contributed by atoms with E-state index in [-0.39, 0.29) is 0 Å². The van der Waals surface area contributed by atoms with E-state index in [9.17, 15) is 5.11 Å². The smallest absolute Gasteiger partial charge is 0.0936 e. The second-order valence-electron chi connectivity index (χ2n) is 6.08. The Morgan fingerprint density at radius 2 is 1.90 bits per heavy atom. The van der Waals surface area contributed by atoms with E-state index < -0.39 is 5.60 Å². The van der Waals surface area contributed by atoms with E-state index in [4.69, 9.17) is 0 Å². The summed E-state index contributed by atoms with van der Waals surface area (Å²) < 4.78 is 0. The Hall–Kier alpha value is -1.45. The van der Waals surface area contributed by atoms with Crippen LogP contribution >= 0.6 is 0 Å². The molecule has 2 heterocycles. The van der Waals surface area contributed by atoms with Gasteiger partial charge in [0.2, 0.25) is 0 Å². The summed E-state index contributed by atoms with van der Waals surface area (Å²) in [4.78, 5) is 6.90. The van der Waals surface area contributed by atoms with Crippen LogP contribution in [0.3, 0.4) is 0 Å². The molecule has 0 amide bonds. The Labute approximate surface area is 120 Å². The lowest BCUT2D eigenvalue weighted by Gasteiger charge is -2.40. The number of piperidine rings is 1. The molecule has 0 unspecified atom stereocenters. The Morgan fingerprint density at radius 1 is 1.20 bits per heavy atom. The summed E-state index contributed by atoms with van der Waals surface area (Å²) in [6.45, 7) is 6.31. The molecule has 3 nitrogen and oxygen atoms in total. The first-order chi connectivity index (χ1) is 9.58. The monoisotopic (exact) mass is 270 g/mol. The van der Waals surface area contributed by atoms with Gasteiger partial charge in [0.25, 0.3) is 0 Å². The number of rotatable bonds is 2. The van der Waals surface area contributed by atoms with Crippen LogP contribution in [0.2, 0.25) is 0 Å². The molecule has 3 heteroatoms. The molecular weight excluding hydrogens is 248 g/mol. The van der Waals surface area contributed by atoms with Crippen molar-refractivity contribution in [2.24, 2.45) is 0 Å². The van der Waals surface area contributed by atoms with Crippen molar-refractivity contribution in [1.82, 2.24) is 9.88 Å². The zero-order valence-electron chi connectivity index (χ0n) is 12.2. The Bertz CT molecular complexity index is 601. The first-order valence-electron chi connectivity index (χ1n) is 7.40. The van der Waals surface area contributed by atoms with Crippen LogP contribution in [0.1, 0.15) is 32.3 Å². The highest BCUT2D eigenvalue weighted by Crippen LogP contribution is 2.34. The van der Waals surface area contributed by atoms with Gasteiger partial charge in [-0.3, -0.25) is 4.98 Å². The first-order valence-corrected chi connectivity index (χ1v) is 7.40. The van der Waals surface area contributed by atoms with Gasteiger partial charge in [-0.05, 0) is 38.8 Å². The van der Waals surface area contributed by atoms with E-state index >= 15 is 0 Å². The lowest BCUT2D eigenvalue weighted by atomic mass is 9.84. The van der Waals surface area contributed by atoms with Crippen molar-refractivity contribution in [1.29, 1.82) is 0 Å². The third-order valence-corrected chi connectivity index (χ3v) is 4.48. The third-order valence-electron chi connectivity index (χ3n) is 4.48. The maximum atomic E-state index is 10.9. The number of aromatic nitrogens is 1. The summed E-state index contributed by atoms with van der Waals surface area (Å²) in [6, 6.07) is 10.7. The molecule has 1 aliphatic rings. The van der Waals surface area contributed by atoms with Crippen molar-refractivity contribution in [3.63, 3.8) is 0 Å². The number of benzene rings is 1. The number of pyridine rings is 1. The van der Waals surface area contributed by atoms with E-state index in [1.165, 1.54) is 0 Å². The average Bonchev–Trinajstić information content (AvgIpc) is 2.47. The fourth-order valence-electron chi connectivity index (χ4n) is 3.02. The van der Waals surface area contributed by atoms with Crippen LogP contribution in [0.4, 0.5) is 0 Å². The van der Waals surface area contributed by atoms with Gasteiger partial charge in [-0.2, -0.15) is 0 Å². The van der Waals surface area contributed by atoms with Crippen LogP contribution < -0.4 is 0 Å². The van der Waals surface area contributed by atoms with Crippen LogP contribution in [-0.4, -0.2) is 34.1 Å². The second kappa shape index (κ2) is 5.15. The van der Waals surface area contributed by atoms with E-state index in [0.29, 0.717) is 6.04 Å². The summed E-state index contributed by atoms with van der Waals surface area (Å²) in [6.07, 6.45) is 3.41. The number of nitrogens with zero attached hydrogens (tertiary/aromatic N) is 2. The van der Waals surface area contributed by atoms with E-state index in [2.05, 4.69) is 35.9 Å². The zero-order chi connectivity index (χ0) is 14.2. The second-order valence-corrected chi connectivity index (χ2v) is 6.08. The Morgan fingerprint density at radius 3 is 2.60 bits per heavy atom. The fourth-order valence-corrected chi connectivity index (χ4v) is 3.02. The molecule has 3 rings (SSSR count). The summed E-state index contributed by atoms with van der Waals surface area (Å²) in [5, 5.41) is 12.0. The normalized spacial score (nSPS) is 19.6. The summed E-state index contributed by atoms with van der Waals surface area (Å²) >= 11 is 0. The molecule has 1 saturated heterocycles. The highest BCUT2D eigenvalue weighted by Gasteiger charge is 2.34. The molecule has 0 radical (unpaired) electrons. The summed E-state index contributed by atoms with van der Waals surface area (Å²) in [5.74, 6) is 0. The standard InChI is InChI=1S/C17H22N2O/c1-13(2)19-9-7-17(20,8-10-19)15-11-14-5-3-4-6-16(14)18-12-15/h3-6,11-13,20H,7-10H2,1-2H3. The van der Waals surface area contributed by atoms with Crippen molar-refractivity contribution < 1.29 is 5.11 Å². The minimum absolute atomic E-state index is 0.550. The molecule has 106 valence electrons. The molecule has 1 fully saturated rings. The number of hydrogen-bond acceptors (Lipinski definition) is 3. The molecule has 1 aliphatic heterocycles. The van der Waals surface area contributed by atoms with E-state index in [1.54, 1.807) is 0 Å². The Kier molecular flexibility index (Phi) is 3.48. The van der Waals surface area contributed by atoms with Crippen molar-refractivity contribution in [3.05, 3.63) is 42.1 Å². The van der Waals surface area contributed by atoms with Crippen molar-refractivity contribution >= 4 is 10.9 Å². The molecule has 1 N–H and O–H groups in total. The molecule has 1 aromatic carbocycles. The number of hydrogen-bond donors (Lipinski definition) is 1. The number of para-hydroxylation sites is 1. The molecule has 2 aromatic rings. The highest BCUT2D eigenvalue weighted by molar-refractivity contribution is 5.78. The molecule has 0 atom stereocenters. The first kappa shape index (κ1) is 13.5.